The Kier molecular flexibility index (Phi) is 3.44. The molecule has 0 atom stereocenters. The number of hydrogen-bond acceptors (Lipinski definition) is 4. The summed E-state index contributed by atoms with van der Waals surface area (Å²) in [7, 11) is 0. The van der Waals surface area contributed by atoms with Crippen LogP contribution in [0.3, 0.4) is 0 Å². The summed E-state index contributed by atoms with van der Waals surface area (Å²) in [4.78, 5) is 0. The van der Waals surface area contributed by atoms with E-state index in [9.17, 15) is 0 Å². The van der Waals surface area contributed by atoms with E-state index in [1.807, 2.05) is 6.07 Å². The Labute approximate surface area is 97.9 Å². The highest BCUT2D eigenvalue weighted by Gasteiger charge is 2.04. The molecule has 0 radical (unpaired) electrons. The molecule has 0 fully saturated rings. The molecule has 0 aliphatic carbocycles. The van der Waals surface area contributed by atoms with Gasteiger partial charge in [-0.3, -0.25) is 0 Å². The van der Waals surface area contributed by atoms with Crippen LogP contribution in [0.25, 0.3) is 0 Å². The van der Waals surface area contributed by atoms with Gasteiger partial charge in [-0.2, -0.15) is 0 Å². The van der Waals surface area contributed by atoms with Crippen LogP contribution in [0.1, 0.15) is 11.3 Å². The van der Waals surface area contributed by atoms with Crippen molar-refractivity contribution in [3.8, 4) is 5.75 Å². The summed E-state index contributed by atoms with van der Waals surface area (Å²) in [6.45, 7) is 0.793. The first-order valence-electron chi connectivity index (χ1n) is 4.80. The summed E-state index contributed by atoms with van der Waals surface area (Å²) in [5.74, 6) is 0.613. The van der Waals surface area contributed by atoms with Crippen LogP contribution in [-0.2, 0) is 13.2 Å². The van der Waals surface area contributed by atoms with E-state index in [0.29, 0.717) is 23.9 Å². The SMILES string of the molecule is NCc1ccc(OCc2ccon2)c(Cl)c1. The lowest BCUT2D eigenvalue weighted by Crippen LogP contribution is -1.99. The highest BCUT2D eigenvalue weighted by molar-refractivity contribution is 6.32. The molecule has 2 rings (SSSR count). The molecule has 0 saturated carbocycles. The van der Waals surface area contributed by atoms with Gasteiger partial charge in [-0.1, -0.05) is 22.8 Å². The fourth-order valence-corrected chi connectivity index (χ4v) is 1.51. The Hall–Kier alpha value is -1.52. The van der Waals surface area contributed by atoms with Crippen LogP contribution in [0.5, 0.6) is 5.75 Å². The molecule has 0 unspecified atom stereocenters. The van der Waals surface area contributed by atoms with Gasteiger partial charge in [0.2, 0.25) is 0 Å². The van der Waals surface area contributed by atoms with Crippen molar-refractivity contribution < 1.29 is 9.26 Å². The number of ether oxygens (including phenoxy) is 1. The van der Waals surface area contributed by atoms with E-state index in [1.54, 1.807) is 18.2 Å². The molecular formula is C11H11ClN2O2. The number of halogens is 1. The second-order valence-electron chi connectivity index (χ2n) is 3.25. The first kappa shape index (κ1) is 11.0. The van der Waals surface area contributed by atoms with Crippen molar-refractivity contribution >= 4 is 11.6 Å². The molecule has 84 valence electrons. The molecule has 0 aliphatic rings. The van der Waals surface area contributed by atoms with E-state index in [1.165, 1.54) is 6.26 Å². The number of aromatic nitrogens is 1. The molecule has 1 aromatic heterocycles. The summed E-state index contributed by atoms with van der Waals surface area (Å²) in [5, 5.41) is 4.28. The van der Waals surface area contributed by atoms with Crippen LogP contribution >= 0.6 is 11.6 Å². The first-order valence-corrected chi connectivity index (χ1v) is 5.18. The second-order valence-corrected chi connectivity index (χ2v) is 3.66. The van der Waals surface area contributed by atoms with E-state index >= 15 is 0 Å². The maximum Gasteiger partial charge on any atom is 0.138 e. The first-order chi connectivity index (χ1) is 7.79. The predicted molar refractivity (Wildman–Crippen MR) is 60.2 cm³/mol. The Balaban J connectivity index is 2.04. The number of nitrogens with two attached hydrogens (primary N) is 1. The van der Waals surface area contributed by atoms with Crippen LogP contribution in [0.4, 0.5) is 0 Å². The van der Waals surface area contributed by atoms with Crippen LogP contribution in [0.15, 0.2) is 35.1 Å². The predicted octanol–water partition coefficient (Wildman–Crippen LogP) is 2.37. The zero-order valence-corrected chi connectivity index (χ0v) is 9.28. The van der Waals surface area contributed by atoms with Gasteiger partial charge in [0.1, 0.15) is 24.3 Å². The number of hydrogen-bond donors (Lipinski definition) is 1. The molecule has 0 amide bonds. The lowest BCUT2D eigenvalue weighted by atomic mass is 10.2. The molecule has 0 bridgehead atoms. The number of benzene rings is 1. The number of rotatable bonds is 4. The van der Waals surface area contributed by atoms with Crippen molar-refractivity contribution in [3.63, 3.8) is 0 Å². The van der Waals surface area contributed by atoms with Gasteiger partial charge in [-0.25, -0.2) is 0 Å². The lowest BCUT2D eigenvalue weighted by molar-refractivity contribution is 0.289. The van der Waals surface area contributed by atoms with E-state index in [4.69, 9.17) is 26.6 Å². The lowest BCUT2D eigenvalue weighted by Gasteiger charge is -2.07. The molecule has 2 aromatic rings. The summed E-state index contributed by atoms with van der Waals surface area (Å²) in [6, 6.07) is 7.20. The maximum atomic E-state index is 6.02. The minimum absolute atomic E-state index is 0.332. The summed E-state index contributed by atoms with van der Waals surface area (Å²) in [6.07, 6.45) is 1.50. The molecule has 1 aromatic carbocycles. The van der Waals surface area contributed by atoms with Gasteiger partial charge in [-0.05, 0) is 17.7 Å². The maximum absolute atomic E-state index is 6.02. The zero-order valence-electron chi connectivity index (χ0n) is 8.52. The van der Waals surface area contributed by atoms with Crippen LogP contribution in [0, 0.1) is 0 Å². The quantitative estimate of drug-likeness (QED) is 0.888. The van der Waals surface area contributed by atoms with Crippen LogP contribution in [-0.4, -0.2) is 5.16 Å². The Morgan fingerprint density at radius 2 is 2.25 bits per heavy atom. The average molecular weight is 239 g/mol. The molecular weight excluding hydrogens is 228 g/mol. The van der Waals surface area contributed by atoms with E-state index in [0.717, 1.165) is 11.3 Å². The van der Waals surface area contributed by atoms with Crippen LogP contribution < -0.4 is 10.5 Å². The van der Waals surface area contributed by atoms with Crippen LogP contribution in [0.2, 0.25) is 5.02 Å². The van der Waals surface area contributed by atoms with Gasteiger partial charge < -0.3 is 15.0 Å². The van der Waals surface area contributed by atoms with Gasteiger partial charge in [0.05, 0.1) is 5.02 Å². The highest BCUT2D eigenvalue weighted by Crippen LogP contribution is 2.25. The van der Waals surface area contributed by atoms with Crippen molar-refractivity contribution in [1.29, 1.82) is 0 Å². The summed E-state index contributed by atoms with van der Waals surface area (Å²) >= 11 is 6.02. The van der Waals surface area contributed by atoms with Crippen molar-refractivity contribution in [1.82, 2.24) is 5.16 Å². The third-order valence-electron chi connectivity index (χ3n) is 2.10. The Morgan fingerprint density at radius 1 is 1.38 bits per heavy atom. The van der Waals surface area contributed by atoms with Gasteiger partial charge in [0.25, 0.3) is 0 Å². The highest BCUT2D eigenvalue weighted by atomic mass is 35.5. The smallest absolute Gasteiger partial charge is 0.138 e. The molecule has 16 heavy (non-hydrogen) atoms. The molecule has 5 heteroatoms. The average Bonchev–Trinajstić information content (AvgIpc) is 2.80. The third kappa shape index (κ3) is 2.53. The second kappa shape index (κ2) is 5.01. The Morgan fingerprint density at radius 3 is 2.88 bits per heavy atom. The largest absolute Gasteiger partial charge is 0.486 e. The summed E-state index contributed by atoms with van der Waals surface area (Å²) < 4.78 is 10.2. The number of nitrogens with zero attached hydrogens (tertiary/aromatic N) is 1. The standard InChI is InChI=1S/C11H11ClN2O2/c12-10-5-8(6-13)1-2-11(10)15-7-9-3-4-16-14-9/h1-5H,6-7,13H2. The third-order valence-corrected chi connectivity index (χ3v) is 2.39. The van der Waals surface area contributed by atoms with Crippen molar-refractivity contribution in [2.75, 3.05) is 0 Å². The molecule has 0 spiro atoms. The minimum atomic E-state index is 0.332. The van der Waals surface area contributed by atoms with Gasteiger partial charge in [0.15, 0.2) is 0 Å². The topological polar surface area (TPSA) is 61.3 Å². The van der Waals surface area contributed by atoms with Crippen molar-refractivity contribution in [3.05, 3.63) is 46.8 Å². The molecule has 4 nitrogen and oxygen atoms in total. The van der Waals surface area contributed by atoms with Crippen molar-refractivity contribution in [2.24, 2.45) is 5.73 Å². The minimum Gasteiger partial charge on any atom is -0.486 e. The normalized spacial score (nSPS) is 10.4. The Bertz CT molecular complexity index is 457. The molecule has 2 N–H and O–H groups in total. The zero-order chi connectivity index (χ0) is 11.4. The molecule has 0 saturated heterocycles. The molecule has 0 aliphatic heterocycles. The van der Waals surface area contributed by atoms with Gasteiger partial charge >= 0.3 is 0 Å². The summed E-state index contributed by atoms with van der Waals surface area (Å²) in [5.41, 5.74) is 7.19. The fourth-order valence-electron chi connectivity index (χ4n) is 1.25. The monoisotopic (exact) mass is 238 g/mol. The van der Waals surface area contributed by atoms with E-state index in [-0.39, 0.29) is 0 Å². The van der Waals surface area contributed by atoms with Gasteiger partial charge in [0, 0.05) is 12.6 Å². The van der Waals surface area contributed by atoms with E-state index in [2.05, 4.69) is 5.16 Å². The molecule has 1 heterocycles. The fraction of sp³-hybridized carbons (Fsp3) is 0.182. The van der Waals surface area contributed by atoms with E-state index < -0.39 is 0 Å². The van der Waals surface area contributed by atoms with Crippen molar-refractivity contribution in [2.45, 2.75) is 13.2 Å². The van der Waals surface area contributed by atoms with Gasteiger partial charge in [-0.15, -0.1) is 0 Å².